The van der Waals surface area contributed by atoms with E-state index in [-0.39, 0.29) is 10.8 Å². The van der Waals surface area contributed by atoms with Crippen LogP contribution in [-0.4, -0.2) is 6.61 Å². The van der Waals surface area contributed by atoms with E-state index in [1.807, 2.05) is 6.07 Å². The molecular formula is C21H28ClFO. The van der Waals surface area contributed by atoms with Gasteiger partial charge >= 0.3 is 0 Å². The lowest BCUT2D eigenvalue weighted by Crippen LogP contribution is -2.06. The molecule has 0 saturated carbocycles. The molecule has 0 aliphatic heterocycles. The van der Waals surface area contributed by atoms with Gasteiger partial charge in [0.25, 0.3) is 0 Å². The highest BCUT2D eigenvalue weighted by Gasteiger charge is 2.20. The average Bonchev–Trinajstić information content (AvgIpc) is 2.60. The molecule has 1 nitrogen and oxygen atoms in total. The maximum Gasteiger partial charge on any atom is 0.153 e. The SMILES string of the molecule is C/C=C/CCC1CC=C(c2ccc(OCCCC)c(Cl)c2F)CC1. The molecule has 132 valence electrons. The van der Waals surface area contributed by atoms with Gasteiger partial charge in [0.1, 0.15) is 10.8 Å². The first-order chi connectivity index (χ1) is 11.7. The second kappa shape index (κ2) is 9.88. The van der Waals surface area contributed by atoms with Crippen LogP contribution in [0.1, 0.15) is 64.4 Å². The van der Waals surface area contributed by atoms with E-state index in [4.69, 9.17) is 16.3 Å². The van der Waals surface area contributed by atoms with E-state index < -0.39 is 0 Å². The minimum Gasteiger partial charge on any atom is -0.492 e. The van der Waals surface area contributed by atoms with Crippen LogP contribution in [0.3, 0.4) is 0 Å². The van der Waals surface area contributed by atoms with Crippen molar-refractivity contribution in [1.82, 2.24) is 0 Å². The molecule has 2 rings (SSSR count). The Morgan fingerprint density at radius 2 is 2.21 bits per heavy atom. The van der Waals surface area contributed by atoms with Crippen molar-refractivity contribution in [1.29, 1.82) is 0 Å². The lowest BCUT2D eigenvalue weighted by atomic mass is 9.84. The van der Waals surface area contributed by atoms with Crippen molar-refractivity contribution in [2.75, 3.05) is 6.61 Å². The summed E-state index contributed by atoms with van der Waals surface area (Å²) < 4.78 is 20.2. The summed E-state index contributed by atoms with van der Waals surface area (Å²) in [4.78, 5) is 0. The molecule has 0 heterocycles. The van der Waals surface area contributed by atoms with Crippen LogP contribution in [0.5, 0.6) is 5.75 Å². The Bertz CT molecular complexity index is 592. The minimum absolute atomic E-state index is 0.111. The van der Waals surface area contributed by atoms with Crippen LogP contribution in [0, 0.1) is 11.7 Å². The zero-order valence-corrected chi connectivity index (χ0v) is 15.5. The summed E-state index contributed by atoms with van der Waals surface area (Å²) in [6.07, 6.45) is 13.9. The quantitative estimate of drug-likeness (QED) is 0.356. The summed E-state index contributed by atoms with van der Waals surface area (Å²) in [6.45, 7) is 4.72. The Hall–Kier alpha value is -1.28. The van der Waals surface area contributed by atoms with Crippen LogP contribution in [-0.2, 0) is 0 Å². The predicted molar refractivity (Wildman–Crippen MR) is 101 cm³/mol. The Labute approximate surface area is 150 Å². The third kappa shape index (κ3) is 5.11. The van der Waals surface area contributed by atoms with Crippen LogP contribution < -0.4 is 4.74 Å². The van der Waals surface area contributed by atoms with Gasteiger partial charge in [-0.15, -0.1) is 0 Å². The Balaban J connectivity index is 2.03. The summed E-state index contributed by atoms with van der Waals surface area (Å²) in [5.74, 6) is 0.816. The fourth-order valence-corrected chi connectivity index (χ4v) is 3.33. The van der Waals surface area contributed by atoms with E-state index in [1.165, 1.54) is 6.42 Å². The van der Waals surface area contributed by atoms with Gasteiger partial charge in [0.05, 0.1) is 6.61 Å². The molecular weight excluding hydrogens is 323 g/mol. The standard InChI is InChI=1S/C21H28ClFO/c1-3-5-7-8-16-9-11-17(12-10-16)18-13-14-19(20(22)21(18)23)24-15-6-4-2/h3,5,11,13-14,16H,4,6-10,12,15H2,1-2H3/b5-3+. The van der Waals surface area contributed by atoms with Gasteiger partial charge in [-0.3, -0.25) is 0 Å². The van der Waals surface area contributed by atoms with Gasteiger partial charge in [-0.2, -0.15) is 0 Å². The first kappa shape index (κ1) is 19.1. The molecule has 0 N–H and O–H groups in total. The molecule has 0 radical (unpaired) electrons. The van der Waals surface area contributed by atoms with Gasteiger partial charge in [-0.1, -0.05) is 43.2 Å². The molecule has 0 aromatic heterocycles. The minimum atomic E-state index is -0.343. The number of rotatable bonds is 8. The number of unbranched alkanes of at least 4 members (excludes halogenated alkanes) is 1. The lowest BCUT2D eigenvalue weighted by Gasteiger charge is -2.22. The normalized spacial score (nSPS) is 18.0. The van der Waals surface area contributed by atoms with Gasteiger partial charge in [0, 0.05) is 5.56 Å². The maximum atomic E-state index is 14.6. The van der Waals surface area contributed by atoms with Gasteiger partial charge < -0.3 is 4.74 Å². The molecule has 0 fully saturated rings. The van der Waals surface area contributed by atoms with E-state index in [1.54, 1.807) is 6.07 Å². The first-order valence-electron chi connectivity index (χ1n) is 9.08. The van der Waals surface area contributed by atoms with Crippen molar-refractivity contribution < 1.29 is 9.13 Å². The number of benzene rings is 1. The molecule has 0 saturated heterocycles. The third-order valence-corrected chi connectivity index (χ3v) is 5.00. The van der Waals surface area contributed by atoms with Crippen LogP contribution in [0.4, 0.5) is 4.39 Å². The van der Waals surface area contributed by atoms with E-state index in [0.717, 1.165) is 44.1 Å². The maximum absolute atomic E-state index is 14.6. The number of halogens is 2. The fourth-order valence-electron chi connectivity index (χ4n) is 3.11. The molecule has 1 aromatic carbocycles. The molecule has 24 heavy (non-hydrogen) atoms. The third-order valence-electron chi connectivity index (χ3n) is 4.65. The molecule has 1 aromatic rings. The molecule has 1 aliphatic carbocycles. The topological polar surface area (TPSA) is 9.23 Å². The summed E-state index contributed by atoms with van der Waals surface area (Å²) in [6, 6.07) is 3.61. The molecule has 1 atom stereocenters. The smallest absolute Gasteiger partial charge is 0.153 e. The highest BCUT2D eigenvalue weighted by atomic mass is 35.5. The highest BCUT2D eigenvalue weighted by molar-refractivity contribution is 6.32. The fraction of sp³-hybridized carbons (Fsp3) is 0.524. The first-order valence-corrected chi connectivity index (χ1v) is 9.46. The molecule has 0 bridgehead atoms. The van der Waals surface area contributed by atoms with Crippen molar-refractivity contribution >= 4 is 17.2 Å². The number of hydrogen-bond donors (Lipinski definition) is 0. The Morgan fingerprint density at radius 1 is 1.38 bits per heavy atom. The molecule has 0 spiro atoms. The average molecular weight is 351 g/mol. The number of hydrogen-bond acceptors (Lipinski definition) is 1. The Morgan fingerprint density at radius 3 is 2.88 bits per heavy atom. The van der Waals surface area contributed by atoms with E-state index >= 15 is 0 Å². The number of allylic oxidation sites excluding steroid dienone is 4. The molecule has 0 amide bonds. The lowest BCUT2D eigenvalue weighted by molar-refractivity contribution is 0.308. The zero-order chi connectivity index (χ0) is 17.4. The summed E-state index contributed by atoms with van der Waals surface area (Å²) in [5, 5.41) is 0.111. The van der Waals surface area contributed by atoms with E-state index in [2.05, 4.69) is 32.1 Å². The second-order valence-electron chi connectivity index (χ2n) is 6.46. The molecule has 1 aliphatic rings. The largest absolute Gasteiger partial charge is 0.492 e. The van der Waals surface area contributed by atoms with E-state index in [9.17, 15) is 4.39 Å². The van der Waals surface area contributed by atoms with Gasteiger partial charge in [0.15, 0.2) is 5.82 Å². The number of ether oxygens (including phenoxy) is 1. The van der Waals surface area contributed by atoms with Crippen LogP contribution in [0.25, 0.3) is 5.57 Å². The summed E-state index contributed by atoms with van der Waals surface area (Å²) >= 11 is 6.17. The summed E-state index contributed by atoms with van der Waals surface area (Å²) in [7, 11) is 0. The summed E-state index contributed by atoms with van der Waals surface area (Å²) in [5.41, 5.74) is 1.71. The molecule has 3 heteroatoms. The van der Waals surface area contributed by atoms with Crippen LogP contribution in [0.15, 0.2) is 30.4 Å². The van der Waals surface area contributed by atoms with Crippen molar-refractivity contribution in [3.05, 3.63) is 46.8 Å². The Kier molecular flexibility index (Phi) is 7.84. The van der Waals surface area contributed by atoms with Crippen LogP contribution >= 0.6 is 11.6 Å². The van der Waals surface area contributed by atoms with Crippen molar-refractivity contribution in [2.45, 2.75) is 58.8 Å². The monoisotopic (exact) mass is 350 g/mol. The predicted octanol–water partition coefficient (Wildman–Crippen LogP) is 7.20. The molecule has 1 unspecified atom stereocenters. The van der Waals surface area contributed by atoms with Gasteiger partial charge in [-0.05, 0) is 69.1 Å². The second-order valence-corrected chi connectivity index (χ2v) is 6.84. The van der Waals surface area contributed by atoms with Crippen molar-refractivity contribution in [3.63, 3.8) is 0 Å². The highest BCUT2D eigenvalue weighted by Crippen LogP contribution is 2.37. The van der Waals surface area contributed by atoms with E-state index in [0.29, 0.717) is 23.8 Å². The van der Waals surface area contributed by atoms with Crippen molar-refractivity contribution in [3.8, 4) is 5.75 Å². The van der Waals surface area contributed by atoms with Gasteiger partial charge in [0.2, 0.25) is 0 Å². The van der Waals surface area contributed by atoms with Crippen LogP contribution in [0.2, 0.25) is 5.02 Å². The van der Waals surface area contributed by atoms with Crippen molar-refractivity contribution in [2.24, 2.45) is 5.92 Å². The zero-order valence-electron chi connectivity index (χ0n) is 14.8. The van der Waals surface area contributed by atoms with Gasteiger partial charge in [-0.25, -0.2) is 4.39 Å².